The third-order valence-electron chi connectivity index (χ3n) is 4.73. The van der Waals surface area contributed by atoms with Gasteiger partial charge in [0.25, 0.3) is 5.91 Å². The molecule has 2 atom stereocenters. The number of carboxylic acid groups (broad SMARTS) is 1. The van der Waals surface area contributed by atoms with Gasteiger partial charge in [0.05, 0.1) is 16.6 Å². The normalized spacial score (nSPS) is 13.3. The molecule has 2 aromatic carbocycles. The highest BCUT2D eigenvalue weighted by Gasteiger charge is 2.19. The third kappa shape index (κ3) is 4.58. The van der Waals surface area contributed by atoms with Crippen LogP contribution in [0, 0.1) is 6.92 Å². The number of nitrogens with zero attached hydrogens (tertiary/aromatic N) is 1. The number of fused-ring (bicyclic) bond motifs is 1. The first-order chi connectivity index (χ1) is 13.7. The van der Waals surface area contributed by atoms with E-state index in [1.165, 1.54) is 0 Å². The number of carbonyl (C=O) groups excluding carboxylic acids is 1. The summed E-state index contributed by atoms with van der Waals surface area (Å²) in [5.41, 5.74) is 3.23. The van der Waals surface area contributed by atoms with Crippen LogP contribution >= 0.6 is 11.6 Å². The van der Waals surface area contributed by atoms with Gasteiger partial charge in [0.15, 0.2) is 4.90 Å². The van der Waals surface area contributed by atoms with Gasteiger partial charge in [0.1, 0.15) is 5.69 Å². The number of carbonyl (C=O) groups is 2. The number of halogens is 1. The number of aryl methyl sites for hydroxylation is 2. The lowest BCUT2D eigenvalue weighted by atomic mass is 10.1. The highest BCUT2D eigenvalue weighted by Crippen LogP contribution is 2.28. The van der Waals surface area contributed by atoms with Gasteiger partial charge in [-0.1, -0.05) is 23.7 Å². The van der Waals surface area contributed by atoms with Crippen LogP contribution in [0.3, 0.4) is 0 Å². The van der Waals surface area contributed by atoms with Crippen LogP contribution < -0.4 is 5.32 Å². The van der Waals surface area contributed by atoms with Crippen LogP contribution in [0.5, 0.6) is 0 Å². The minimum atomic E-state index is -1.59. The minimum Gasteiger partial charge on any atom is -0.611 e. The lowest BCUT2D eigenvalue weighted by Crippen LogP contribution is -2.28. The van der Waals surface area contributed by atoms with Crippen molar-refractivity contribution in [1.82, 2.24) is 9.88 Å². The SMILES string of the molecule is Cc1cc(Cl)c2cc(C(=O)N[C@H](C)c3ccc([S@+]([O-])CC(=O)O)cc3)n(C)c2c1. The van der Waals surface area contributed by atoms with Gasteiger partial charge in [-0.3, -0.25) is 4.79 Å². The second-order valence-electron chi connectivity index (χ2n) is 6.92. The fourth-order valence-electron chi connectivity index (χ4n) is 3.19. The van der Waals surface area contributed by atoms with E-state index in [4.69, 9.17) is 16.7 Å². The number of benzene rings is 2. The van der Waals surface area contributed by atoms with Gasteiger partial charge >= 0.3 is 5.97 Å². The maximum atomic E-state index is 12.8. The van der Waals surface area contributed by atoms with E-state index in [1.807, 2.05) is 37.6 Å². The number of amides is 1. The first kappa shape index (κ1) is 21.2. The van der Waals surface area contributed by atoms with Crippen LogP contribution in [0.2, 0.25) is 5.02 Å². The molecule has 0 fully saturated rings. The summed E-state index contributed by atoms with van der Waals surface area (Å²) in [4.78, 5) is 24.0. The third-order valence-corrected chi connectivity index (χ3v) is 6.35. The fraction of sp³-hybridized carbons (Fsp3) is 0.238. The predicted octanol–water partition coefficient (Wildman–Crippen LogP) is 3.82. The Balaban J connectivity index is 1.77. The zero-order valence-electron chi connectivity index (χ0n) is 16.2. The second-order valence-corrected chi connectivity index (χ2v) is 8.77. The maximum absolute atomic E-state index is 12.8. The van der Waals surface area contributed by atoms with E-state index in [-0.39, 0.29) is 11.9 Å². The topological polar surface area (TPSA) is 94.4 Å². The average molecular weight is 433 g/mol. The lowest BCUT2D eigenvalue weighted by Gasteiger charge is -2.15. The molecule has 0 saturated heterocycles. The van der Waals surface area contributed by atoms with Gasteiger partial charge in [-0.25, -0.2) is 4.79 Å². The van der Waals surface area contributed by atoms with E-state index >= 15 is 0 Å². The maximum Gasteiger partial charge on any atom is 0.354 e. The molecule has 0 radical (unpaired) electrons. The molecule has 6 nitrogen and oxygen atoms in total. The second kappa shape index (κ2) is 8.49. The van der Waals surface area contributed by atoms with E-state index in [9.17, 15) is 14.1 Å². The summed E-state index contributed by atoms with van der Waals surface area (Å²) in [7, 11) is 1.82. The minimum absolute atomic E-state index is 0.233. The molecule has 1 aromatic heterocycles. The molecule has 3 aromatic rings. The van der Waals surface area contributed by atoms with Crippen LogP contribution in [0.4, 0.5) is 0 Å². The van der Waals surface area contributed by atoms with Crippen LogP contribution in [0.1, 0.15) is 34.6 Å². The van der Waals surface area contributed by atoms with Crippen molar-refractivity contribution in [2.45, 2.75) is 24.8 Å². The zero-order valence-corrected chi connectivity index (χ0v) is 17.8. The molecule has 0 aliphatic carbocycles. The molecule has 0 aliphatic rings. The van der Waals surface area contributed by atoms with Gasteiger partial charge in [-0.2, -0.15) is 0 Å². The summed E-state index contributed by atoms with van der Waals surface area (Å²) in [5.74, 6) is -1.78. The largest absolute Gasteiger partial charge is 0.611 e. The standard InChI is InChI=1S/C21H21ClN2O4S/c1-12-8-17(22)16-10-19(24(3)18(16)9-12)21(27)23-13(2)14-4-6-15(7-5-14)29(28)11-20(25)26/h4-10,13H,11H2,1-3H3,(H,23,27)(H,25,26)/t13-,29-/m1/s1. The quantitative estimate of drug-likeness (QED) is 0.579. The van der Waals surface area contributed by atoms with Crippen molar-refractivity contribution in [2.75, 3.05) is 5.75 Å². The summed E-state index contributed by atoms with van der Waals surface area (Å²) >= 11 is 4.72. The summed E-state index contributed by atoms with van der Waals surface area (Å²) in [5, 5.41) is 13.1. The van der Waals surface area contributed by atoms with E-state index in [2.05, 4.69) is 5.32 Å². The first-order valence-electron chi connectivity index (χ1n) is 8.94. The molecule has 1 heterocycles. The molecule has 3 rings (SSSR count). The number of hydrogen-bond donors (Lipinski definition) is 2. The molecule has 0 spiro atoms. The zero-order chi connectivity index (χ0) is 21.3. The number of aromatic nitrogens is 1. The van der Waals surface area contributed by atoms with Gasteiger partial charge in [-0.15, -0.1) is 0 Å². The van der Waals surface area contributed by atoms with E-state index in [0.29, 0.717) is 15.6 Å². The van der Waals surface area contributed by atoms with Crippen molar-refractivity contribution >= 4 is 45.6 Å². The molecular formula is C21H21ClN2O4S. The van der Waals surface area contributed by atoms with Gasteiger partial charge < -0.3 is 19.5 Å². The molecule has 29 heavy (non-hydrogen) atoms. The molecular weight excluding hydrogens is 412 g/mol. The van der Waals surface area contributed by atoms with Crippen LogP contribution in [-0.2, 0) is 23.0 Å². The molecule has 1 amide bonds. The number of rotatable bonds is 6. The Morgan fingerprint density at radius 1 is 1.24 bits per heavy atom. The number of carboxylic acids is 1. The summed E-state index contributed by atoms with van der Waals surface area (Å²) < 4.78 is 13.7. The van der Waals surface area contributed by atoms with Crippen molar-refractivity contribution in [3.63, 3.8) is 0 Å². The smallest absolute Gasteiger partial charge is 0.354 e. The number of hydrogen-bond acceptors (Lipinski definition) is 3. The molecule has 0 bridgehead atoms. The van der Waals surface area contributed by atoms with Crippen LogP contribution in [-0.4, -0.2) is 31.9 Å². The van der Waals surface area contributed by atoms with Crippen molar-refractivity contribution in [3.8, 4) is 0 Å². The van der Waals surface area contributed by atoms with Crippen LogP contribution in [0.15, 0.2) is 47.4 Å². The average Bonchev–Trinajstić information content (AvgIpc) is 2.98. The first-order valence-corrected chi connectivity index (χ1v) is 10.6. The van der Waals surface area contributed by atoms with Gasteiger partial charge in [-0.05, 0) is 66.5 Å². The monoisotopic (exact) mass is 432 g/mol. The van der Waals surface area contributed by atoms with Crippen molar-refractivity contribution in [3.05, 3.63) is 64.3 Å². The molecule has 2 N–H and O–H groups in total. The van der Waals surface area contributed by atoms with Crippen molar-refractivity contribution in [1.29, 1.82) is 0 Å². The Labute approximate surface area is 176 Å². The van der Waals surface area contributed by atoms with Crippen LogP contribution in [0.25, 0.3) is 10.9 Å². The molecule has 0 aliphatic heterocycles. The summed E-state index contributed by atoms with van der Waals surface area (Å²) in [6, 6.07) is 12.1. The Bertz CT molecular complexity index is 1080. The van der Waals surface area contributed by atoms with E-state index in [0.717, 1.165) is 22.0 Å². The lowest BCUT2D eigenvalue weighted by molar-refractivity contribution is -0.134. The Morgan fingerprint density at radius 2 is 1.90 bits per heavy atom. The Morgan fingerprint density at radius 3 is 2.52 bits per heavy atom. The summed E-state index contributed by atoms with van der Waals surface area (Å²) in [6.45, 7) is 3.80. The molecule has 0 unspecified atom stereocenters. The summed E-state index contributed by atoms with van der Waals surface area (Å²) in [6.07, 6.45) is 0. The van der Waals surface area contributed by atoms with E-state index < -0.39 is 22.9 Å². The number of nitrogens with one attached hydrogen (secondary N) is 1. The molecule has 8 heteroatoms. The Hall–Kier alpha value is -2.48. The van der Waals surface area contributed by atoms with Crippen molar-refractivity contribution in [2.24, 2.45) is 7.05 Å². The fourth-order valence-corrected chi connectivity index (χ4v) is 4.35. The van der Waals surface area contributed by atoms with Gasteiger partial charge in [0.2, 0.25) is 5.75 Å². The van der Waals surface area contributed by atoms with Crippen molar-refractivity contribution < 1.29 is 19.2 Å². The molecule has 152 valence electrons. The predicted molar refractivity (Wildman–Crippen MR) is 114 cm³/mol. The number of aliphatic carboxylic acids is 1. The Kier molecular flexibility index (Phi) is 6.21. The highest BCUT2D eigenvalue weighted by atomic mass is 35.5. The van der Waals surface area contributed by atoms with Gasteiger partial charge in [0, 0.05) is 12.4 Å². The highest BCUT2D eigenvalue weighted by molar-refractivity contribution is 7.92. The van der Waals surface area contributed by atoms with E-state index in [1.54, 1.807) is 30.3 Å². The molecule has 0 saturated carbocycles.